The Kier molecular flexibility index (Phi) is 10.1. The molecule has 1 nitrogen and oxygen atoms in total. The summed E-state index contributed by atoms with van der Waals surface area (Å²) in [4.78, 5) is 0. The molecule has 0 bridgehead atoms. The molecule has 0 aromatic carbocycles. The molecule has 6 heteroatoms. The van der Waals surface area contributed by atoms with E-state index >= 15 is 0 Å². The van der Waals surface area contributed by atoms with Crippen molar-refractivity contribution in [1.29, 1.82) is 0 Å². The van der Waals surface area contributed by atoms with Crippen molar-refractivity contribution in [2.24, 2.45) is 0 Å². The van der Waals surface area contributed by atoms with Crippen molar-refractivity contribution in [2.45, 2.75) is 57.7 Å². The van der Waals surface area contributed by atoms with Gasteiger partial charge in [-0.3, -0.25) is 0 Å². The number of hydrogen-bond acceptors (Lipinski definition) is 1. The Morgan fingerprint density at radius 1 is 1.32 bits per heavy atom. The first-order valence-corrected chi connectivity index (χ1v) is 13.6. The van der Waals surface area contributed by atoms with Gasteiger partial charge in [-0.05, 0) is 0 Å². The fraction of sp³-hybridized carbons (Fsp3) is 0.692. The fourth-order valence-electron chi connectivity index (χ4n) is 2.60. The van der Waals surface area contributed by atoms with Gasteiger partial charge >= 0.3 is 121 Å². The van der Waals surface area contributed by atoms with E-state index in [1.807, 2.05) is 0 Å². The van der Waals surface area contributed by atoms with Crippen molar-refractivity contribution < 1.29 is 24.9 Å². The fourth-order valence-corrected chi connectivity index (χ4v) is 8.53. The van der Waals surface area contributed by atoms with E-state index in [2.05, 4.69) is 72.2 Å². The maximum atomic E-state index is 6.68. The summed E-state index contributed by atoms with van der Waals surface area (Å²) in [5.74, 6) is 0. The summed E-state index contributed by atoms with van der Waals surface area (Å²) >= 11 is 2.27. The van der Waals surface area contributed by atoms with Gasteiger partial charge in [0, 0.05) is 0 Å². The van der Waals surface area contributed by atoms with E-state index in [0.29, 0.717) is 0 Å². The maximum absolute atomic E-state index is 6.68. The molecule has 1 rings (SSSR count). The smallest absolute Gasteiger partial charge is 0.147 e. The van der Waals surface area contributed by atoms with Crippen LogP contribution in [0.15, 0.2) is 21.6 Å². The van der Waals surface area contributed by atoms with Crippen LogP contribution in [0.2, 0.25) is 32.7 Å². The van der Waals surface area contributed by atoms with Crippen molar-refractivity contribution in [1.82, 2.24) is 0 Å². The third-order valence-electron chi connectivity index (χ3n) is 3.33. The van der Waals surface area contributed by atoms with Crippen LogP contribution >= 0.6 is 24.8 Å². The van der Waals surface area contributed by atoms with E-state index < -0.39 is 17.1 Å². The van der Waals surface area contributed by atoms with Crippen LogP contribution in [0.1, 0.15) is 19.8 Å². The predicted octanol–water partition coefficient (Wildman–Crippen LogP) is 4.62. The molecule has 0 fully saturated rings. The van der Waals surface area contributed by atoms with Crippen molar-refractivity contribution in [3.8, 4) is 0 Å². The minimum atomic E-state index is -1.51. The molecule has 0 aromatic heterocycles. The second kappa shape index (κ2) is 8.57. The summed E-state index contributed by atoms with van der Waals surface area (Å²) < 4.78 is 8.20. The normalized spacial score (nSPS) is 18.0. The summed E-state index contributed by atoms with van der Waals surface area (Å²) in [6.07, 6.45) is 6.86. The van der Waals surface area contributed by atoms with Gasteiger partial charge < -0.3 is 0 Å². The third kappa shape index (κ3) is 5.46. The molecule has 1 unspecified atom stereocenters. The van der Waals surface area contributed by atoms with E-state index in [-0.39, 0.29) is 30.0 Å². The van der Waals surface area contributed by atoms with Gasteiger partial charge in [0.25, 0.3) is 0 Å². The summed E-state index contributed by atoms with van der Waals surface area (Å²) in [7, 11) is -2.42. The molecule has 1 atom stereocenters. The Labute approximate surface area is 145 Å². The maximum Gasteiger partial charge on any atom is -0.147 e. The number of halogens is 2. The molecule has 0 saturated heterocycles. The zero-order valence-electron chi connectivity index (χ0n) is 12.9. The Morgan fingerprint density at radius 2 is 1.84 bits per heavy atom. The van der Waals surface area contributed by atoms with Gasteiger partial charge in [-0.2, -0.15) is 0 Å². The van der Waals surface area contributed by atoms with Crippen LogP contribution in [0.4, 0.5) is 0 Å². The third-order valence-corrected chi connectivity index (χ3v) is 7.99. The van der Waals surface area contributed by atoms with Crippen molar-refractivity contribution in [3.63, 3.8) is 0 Å². The van der Waals surface area contributed by atoms with Crippen molar-refractivity contribution >= 4 is 41.9 Å². The van der Waals surface area contributed by atoms with Gasteiger partial charge in [0.15, 0.2) is 0 Å². The molecule has 0 spiro atoms. The van der Waals surface area contributed by atoms with E-state index in [9.17, 15) is 0 Å². The molecule has 19 heavy (non-hydrogen) atoms. The van der Waals surface area contributed by atoms with Crippen LogP contribution in [-0.2, 0) is 24.9 Å². The topological polar surface area (TPSA) is 9.23 Å². The van der Waals surface area contributed by atoms with Gasteiger partial charge in [-0.25, -0.2) is 0 Å². The molecule has 0 heterocycles. The molecule has 0 saturated carbocycles. The minimum Gasteiger partial charge on any atom is -0.147 e. The quantitative estimate of drug-likeness (QED) is 0.639. The molecule has 0 aromatic rings. The van der Waals surface area contributed by atoms with Crippen molar-refractivity contribution in [2.75, 3.05) is 0 Å². The minimum absolute atomic E-state index is 0. The number of allylic oxidation sites excluding steroid dienone is 2. The SMILES string of the molecule is CCC(O[Si](C)(C)C)(C1=[C]([Ti])CC=C1)[SiH](C)C.Cl.Cl. The van der Waals surface area contributed by atoms with Crippen LogP contribution in [0.25, 0.3) is 0 Å². The van der Waals surface area contributed by atoms with Crippen LogP contribution < -0.4 is 0 Å². The Morgan fingerprint density at radius 3 is 2.11 bits per heavy atom. The van der Waals surface area contributed by atoms with E-state index in [4.69, 9.17) is 4.43 Å². The second-order valence-corrected chi connectivity index (χ2v) is 14.7. The summed E-state index contributed by atoms with van der Waals surface area (Å²) in [6, 6.07) is 0. The average Bonchev–Trinajstić information content (AvgIpc) is 2.59. The first kappa shape index (κ1) is 22.4. The standard InChI is InChI=1S/C13H25OSi2.2ClH.Ti/c1-7-13(15(2)3,14-16(4,5)6)12-10-8-9-11-12;;;/h8,10,15H,7,9H2,1-6H3;2*1H;. The van der Waals surface area contributed by atoms with Gasteiger partial charge in [0.2, 0.25) is 0 Å². The van der Waals surface area contributed by atoms with Gasteiger partial charge in [-0.1, -0.05) is 0 Å². The van der Waals surface area contributed by atoms with E-state index in [1.54, 1.807) is 0 Å². The number of rotatable bonds is 5. The average molecular weight is 374 g/mol. The molecular formula is C13H27Cl2OSi2Ti. The summed E-state index contributed by atoms with van der Waals surface area (Å²) in [6.45, 7) is 14.1. The Hall–Kier alpha value is 1.17. The first-order valence-electron chi connectivity index (χ1n) is 6.55. The van der Waals surface area contributed by atoms with Gasteiger partial charge in [0.05, 0.1) is 0 Å². The molecule has 0 radical (unpaired) electrons. The van der Waals surface area contributed by atoms with Crippen LogP contribution in [0.5, 0.6) is 0 Å². The monoisotopic (exact) mass is 373 g/mol. The molecule has 111 valence electrons. The zero-order chi connectivity index (χ0) is 13.3. The van der Waals surface area contributed by atoms with E-state index in [0.717, 1.165) is 12.8 Å². The van der Waals surface area contributed by atoms with Crippen LogP contribution in [-0.4, -0.2) is 22.3 Å². The molecule has 1 aliphatic carbocycles. The second-order valence-electron chi connectivity index (χ2n) is 6.11. The number of hydrogen-bond donors (Lipinski definition) is 0. The van der Waals surface area contributed by atoms with Gasteiger partial charge in [0.1, 0.15) is 0 Å². The summed E-state index contributed by atoms with van der Waals surface area (Å²) in [5, 5.41) is 0.0710. The Balaban J connectivity index is 0. The summed E-state index contributed by atoms with van der Waals surface area (Å²) in [5.41, 5.74) is 1.50. The predicted molar refractivity (Wildman–Crippen MR) is 91.6 cm³/mol. The Bertz CT molecular complexity index is 351. The molecular weight excluding hydrogens is 347 g/mol. The molecule has 0 N–H and O–H groups in total. The van der Waals surface area contributed by atoms with E-state index in [1.165, 1.54) is 9.45 Å². The molecule has 0 aliphatic heterocycles. The first-order chi connectivity index (χ1) is 7.73. The largest absolute Gasteiger partial charge is 0.147 e. The zero-order valence-corrected chi connectivity index (χ0v) is 18.2. The van der Waals surface area contributed by atoms with Crippen LogP contribution in [0.3, 0.4) is 0 Å². The van der Waals surface area contributed by atoms with Gasteiger partial charge in [-0.15, -0.1) is 24.8 Å². The molecule has 1 aliphatic rings. The van der Waals surface area contributed by atoms with Crippen LogP contribution in [0, 0.1) is 0 Å². The van der Waals surface area contributed by atoms with Crippen molar-refractivity contribution in [3.05, 3.63) is 21.6 Å². The molecule has 0 amide bonds.